The van der Waals surface area contributed by atoms with E-state index in [1.54, 1.807) is 6.07 Å². The molecule has 0 bridgehead atoms. The molecule has 0 spiro atoms. The van der Waals surface area contributed by atoms with Gasteiger partial charge in [-0.25, -0.2) is 15.0 Å². The van der Waals surface area contributed by atoms with Crippen LogP contribution < -0.4 is 0 Å². The summed E-state index contributed by atoms with van der Waals surface area (Å²) < 4.78 is 52.2. The van der Waals surface area contributed by atoms with Crippen molar-refractivity contribution in [3.63, 3.8) is 0 Å². The number of para-hydroxylation sites is 4. The van der Waals surface area contributed by atoms with Crippen LogP contribution in [0.15, 0.2) is 198 Å². The molecule has 56 heavy (non-hydrogen) atoms. The van der Waals surface area contributed by atoms with E-state index in [0.29, 0.717) is 39.7 Å². The third kappa shape index (κ3) is 5.29. The SMILES string of the molecule is [2H]c1c([2H])c([2H])c(-c2cc(-c3nc(-c4ccccc4)nc(-c4cccc5c4c4ccccc4n5-c4ccccc4)n3)cc(-c3cccc4c3oc3ccccc34)c2)c([2H])c1[2H]. The molecule has 262 valence electrons. The molecule has 0 fully saturated rings. The highest BCUT2D eigenvalue weighted by Crippen LogP contribution is 2.41. The van der Waals surface area contributed by atoms with Crippen molar-refractivity contribution >= 4 is 43.7 Å². The first-order chi connectivity index (χ1) is 29.8. The molecule has 0 amide bonds. The fourth-order valence-corrected chi connectivity index (χ4v) is 7.83. The van der Waals surface area contributed by atoms with E-state index in [-0.39, 0.29) is 17.6 Å². The van der Waals surface area contributed by atoms with Gasteiger partial charge in [0.1, 0.15) is 11.2 Å². The Balaban J connectivity index is 1.21. The number of nitrogens with zero attached hydrogens (tertiary/aromatic N) is 4. The van der Waals surface area contributed by atoms with Crippen molar-refractivity contribution in [2.24, 2.45) is 0 Å². The van der Waals surface area contributed by atoms with Crippen LogP contribution in [0.3, 0.4) is 0 Å². The summed E-state index contributed by atoms with van der Waals surface area (Å²) in [6.45, 7) is 0. The van der Waals surface area contributed by atoms with Gasteiger partial charge in [0, 0.05) is 49.5 Å². The first-order valence-corrected chi connectivity index (χ1v) is 18.4. The van der Waals surface area contributed by atoms with Gasteiger partial charge in [-0.05, 0) is 65.2 Å². The summed E-state index contributed by atoms with van der Waals surface area (Å²) in [5.74, 6) is 1.26. The van der Waals surface area contributed by atoms with Crippen molar-refractivity contribution in [1.82, 2.24) is 19.5 Å². The molecule has 0 aliphatic heterocycles. The monoisotopic (exact) mass is 721 g/mol. The van der Waals surface area contributed by atoms with Gasteiger partial charge in [0.2, 0.25) is 0 Å². The van der Waals surface area contributed by atoms with Gasteiger partial charge in [0.25, 0.3) is 0 Å². The van der Waals surface area contributed by atoms with Crippen molar-refractivity contribution in [3.8, 4) is 62.1 Å². The molecule has 0 aliphatic carbocycles. The Morgan fingerprint density at radius 2 is 1.04 bits per heavy atom. The van der Waals surface area contributed by atoms with E-state index in [1.807, 2.05) is 127 Å². The summed E-state index contributed by atoms with van der Waals surface area (Å²) in [5, 5.41) is 3.94. The maximum atomic E-state index is 8.99. The minimum Gasteiger partial charge on any atom is -0.455 e. The molecule has 0 atom stereocenters. The summed E-state index contributed by atoms with van der Waals surface area (Å²) in [6, 6.07) is 52.0. The quantitative estimate of drug-likeness (QED) is 0.172. The van der Waals surface area contributed by atoms with Gasteiger partial charge in [0.05, 0.1) is 17.9 Å². The Bertz CT molecular complexity index is 3520. The van der Waals surface area contributed by atoms with E-state index in [0.717, 1.165) is 60.5 Å². The number of benzene rings is 8. The standard InChI is InChI=1S/C51H32N4O/c1-4-16-33(17-5-1)35-30-36(39-24-14-25-41-40-22-11-13-29-46(40)56-48(39)41)32-37(31-35)50-52-49(34-18-6-2-7-19-34)53-51(54-50)43-26-15-28-45-47(43)42-23-10-12-27-44(42)55(45)38-20-8-3-9-21-38/h1-32H/i1D,4D,5D,16D,17D. The lowest BCUT2D eigenvalue weighted by Gasteiger charge is -2.13. The Hall–Kier alpha value is -7.63. The topological polar surface area (TPSA) is 56.7 Å². The molecule has 11 rings (SSSR count). The van der Waals surface area contributed by atoms with Gasteiger partial charge in [0.15, 0.2) is 17.5 Å². The normalized spacial score (nSPS) is 12.8. The zero-order chi connectivity index (χ0) is 41.4. The highest BCUT2D eigenvalue weighted by Gasteiger charge is 2.21. The molecule has 5 heteroatoms. The Morgan fingerprint density at radius 3 is 1.88 bits per heavy atom. The highest BCUT2D eigenvalue weighted by atomic mass is 16.3. The molecular weight excluding hydrogens is 685 g/mol. The molecule has 0 saturated carbocycles. The average Bonchev–Trinajstić information content (AvgIpc) is 3.87. The molecule has 0 saturated heterocycles. The molecule has 11 aromatic rings. The fourth-order valence-electron chi connectivity index (χ4n) is 7.83. The molecular formula is C51H32N4O. The van der Waals surface area contributed by atoms with Gasteiger partial charge in [-0.3, -0.25) is 0 Å². The lowest BCUT2D eigenvalue weighted by Crippen LogP contribution is -2.01. The van der Waals surface area contributed by atoms with Crippen LogP contribution in [0, 0.1) is 0 Å². The Kier molecular flexibility index (Phi) is 6.29. The zero-order valence-corrected chi connectivity index (χ0v) is 29.8. The average molecular weight is 722 g/mol. The van der Waals surface area contributed by atoms with Crippen LogP contribution in [-0.2, 0) is 0 Å². The van der Waals surface area contributed by atoms with Crippen LogP contribution >= 0.6 is 0 Å². The van der Waals surface area contributed by atoms with Gasteiger partial charge >= 0.3 is 0 Å². The Labute approximate surface area is 329 Å². The summed E-state index contributed by atoms with van der Waals surface area (Å²) in [7, 11) is 0. The molecule has 0 aliphatic rings. The maximum Gasteiger partial charge on any atom is 0.164 e. The predicted molar refractivity (Wildman–Crippen MR) is 229 cm³/mol. The van der Waals surface area contributed by atoms with Gasteiger partial charge < -0.3 is 8.98 Å². The summed E-state index contributed by atoms with van der Waals surface area (Å²) in [6.07, 6.45) is 0. The van der Waals surface area contributed by atoms with Crippen LogP contribution in [0.1, 0.15) is 6.85 Å². The molecule has 0 radical (unpaired) electrons. The first-order valence-electron chi connectivity index (χ1n) is 20.9. The predicted octanol–water partition coefficient (Wildman–Crippen LogP) is 13.2. The van der Waals surface area contributed by atoms with Crippen molar-refractivity contribution in [3.05, 3.63) is 194 Å². The van der Waals surface area contributed by atoms with E-state index in [9.17, 15) is 0 Å². The molecule has 8 aromatic carbocycles. The van der Waals surface area contributed by atoms with E-state index in [4.69, 9.17) is 26.2 Å². The van der Waals surface area contributed by atoms with Crippen molar-refractivity contribution < 1.29 is 11.3 Å². The Morgan fingerprint density at radius 1 is 0.429 bits per heavy atom. The second-order valence-electron chi connectivity index (χ2n) is 13.6. The van der Waals surface area contributed by atoms with Gasteiger partial charge in [-0.1, -0.05) is 145 Å². The number of hydrogen-bond donors (Lipinski definition) is 0. The summed E-state index contributed by atoms with van der Waals surface area (Å²) in [5.41, 5.74) is 8.59. The summed E-state index contributed by atoms with van der Waals surface area (Å²) in [4.78, 5) is 15.5. The molecule has 0 unspecified atom stereocenters. The zero-order valence-electron chi connectivity index (χ0n) is 34.8. The van der Waals surface area contributed by atoms with E-state index < -0.39 is 18.1 Å². The largest absolute Gasteiger partial charge is 0.455 e. The first kappa shape index (κ1) is 27.0. The van der Waals surface area contributed by atoms with Gasteiger partial charge in [-0.2, -0.15) is 0 Å². The number of fused-ring (bicyclic) bond motifs is 6. The smallest absolute Gasteiger partial charge is 0.164 e. The van der Waals surface area contributed by atoms with Crippen molar-refractivity contribution in [1.29, 1.82) is 0 Å². The van der Waals surface area contributed by atoms with Crippen LogP contribution in [0.25, 0.3) is 106 Å². The van der Waals surface area contributed by atoms with Crippen molar-refractivity contribution in [2.45, 2.75) is 0 Å². The lowest BCUT2D eigenvalue weighted by atomic mass is 9.94. The van der Waals surface area contributed by atoms with Crippen LogP contribution in [0.4, 0.5) is 0 Å². The van der Waals surface area contributed by atoms with Crippen LogP contribution in [0.2, 0.25) is 0 Å². The van der Waals surface area contributed by atoms with Crippen molar-refractivity contribution in [2.75, 3.05) is 0 Å². The molecule has 3 aromatic heterocycles. The number of aromatic nitrogens is 4. The number of rotatable bonds is 6. The third-order valence-electron chi connectivity index (χ3n) is 10.3. The second-order valence-corrected chi connectivity index (χ2v) is 13.6. The lowest BCUT2D eigenvalue weighted by molar-refractivity contribution is 0.670. The fraction of sp³-hybridized carbons (Fsp3) is 0. The van der Waals surface area contributed by atoms with Crippen LogP contribution in [0.5, 0.6) is 0 Å². The van der Waals surface area contributed by atoms with Crippen LogP contribution in [-0.4, -0.2) is 19.5 Å². The maximum absolute atomic E-state index is 8.99. The molecule has 5 nitrogen and oxygen atoms in total. The molecule has 0 N–H and O–H groups in total. The van der Waals surface area contributed by atoms with E-state index in [1.165, 1.54) is 0 Å². The number of furan rings is 1. The minimum atomic E-state index is -0.459. The molecule has 3 heterocycles. The minimum absolute atomic E-state index is 0.0712. The highest BCUT2D eigenvalue weighted by molar-refractivity contribution is 6.15. The van der Waals surface area contributed by atoms with E-state index in [2.05, 4.69) is 34.9 Å². The summed E-state index contributed by atoms with van der Waals surface area (Å²) >= 11 is 0. The van der Waals surface area contributed by atoms with Gasteiger partial charge in [-0.15, -0.1) is 0 Å². The van der Waals surface area contributed by atoms with E-state index >= 15 is 0 Å². The third-order valence-corrected chi connectivity index (χ3v) is 10.3. The number of hydrogen-bond acceptors (Lipinski definition) is 4. The second kappa shape index (κ2) is 13.0.